The summed E-state index contributed by atoms with van der Waals surface area (Å²) in [4.78, 5) is 29.9. The molecular formula is C19H22N10O. The van der Waals surface area contributed by atoms with Crippen LogP contribution in [0.25, 0.3) is 16.7 Å². The summed E-state index contributed by atoms with van der Waals surface area (Å²) in [6, 6.07) is 5.60. The van der Waals surface area contributed by atoms with Crippen LogP contribution in [0.2, 0.25) is 0 Å². The van der Waals surface area contributed by atoms with Crippen LogP contribution in [0.15, 0.2) is 36.8 Å². The smallest absolute Gasteiger partial charge is 0.323 e. The Morgan fingerprint density at radius 1 is 1.23 bits per heavy atom. The molecule has 3 N–H and O–H groups in total. The third-order valence-corrected chi connectivity index (χ3v) is 5.43. The average Bonchev–Trinajstić information content (AvgIpc) is 3.31. The number of fused-ring (bicyclic) bond motifs is 2. The topological polar surface area (TPSA) is 122 Å². The lowest BCUT2D eigenvalue weighted by molar-refractivity contribution is 0.200. The van der Waals surface area contributed by atoms with E-state index in [4.69, 9.17) is 5.73 Å². The largest absolute Gasteiger partial charge is 0.368 e. The van der Waals surface area contributed by atoms with Crippen molar-refractivity contribution in [3.63, 3.8) is 0 Å². The molecule has 4 aromatic rings. The molecule has 1 atom stereocenters. The van der Waals surface area contributed by atoms with Crippen molar-refractivity contribution < 1.29 is 4.79 Å². The van der Waals surface area contributed by atoms with Crippen LogP contribution in [0.3, 0.4) is 0 Å². The molecule has 11 heteroatoms. The van der Waals surface area contributed by atoms with E-state index in [1.165, 1.54) is 0 Å². The summed E-state index contributed by atoms with van der Waals surface area (Å²) in [5, 5.41) is 8.09. The van der Waals surface area contributed by atoms with E-state index in [0.717, 1.165) is 16.9 Å². The summed E-state index contributed by atoms with van der Waals surface area (Å²) in [5.74, 6) is 1.60. The Hall–Kier alpha value is -3.89. The maximum absolute atomic E-state index is 12.9. The van der Waals surface area contributed by atoms with Gasteiger partial charge in [0.1, 0.15) is 17.3 Å². The molecule has 4 aromatic heterocycles. The van der Waals surface area contributed by atoms with Crippen LogP contribution in [0.4, 0.5) is 22.4 Å². The first kappa shape index (κ1) is 18.2. The van der Waals surface area contributed by atoms with Crippen LogP contribution in [-0.2, 0) is 7.05 Å². The Morgan fingerprint density at radius 2 is 2.10 bits per heavy atom. The number of carbonyl (C=O) groups excluding carboxylic acids is 1. The average molecular weight is 406 g/mol. The number of nitrogens with zero attached hydrogens (tertiary/aromatic N) is 8. The fraction of sp³-hybridized carbons (Fsp3) is 0.316. The van der Waals surface area contributed by atoms with E-state index in [1.54, 1.807) is 22.0 Å². The number of hydrogen-bond donors (Lipinski definition) is 2. The SMILES string of the molecule is C[C@H]1CN(C(=O)Nc2cnc3ccccn23)CCN1c1nc(N)nc2c1cnn2C. The van der Waals surface area contributed by atoms with Gasteiger partial charge in [-0.3, -0.25) is 14.4 Å². The first-order valence-electron chi connectivity index (χ1n) is 9.71. The quantitative estimate of drug-likeness (QED) is 0.515. The molecule has 11 nitrogen and oxygen atoms in total. The zero-order valence-corrected chi connectivity index (χ0v) is 16.7. The van der Waals surface area contributed by atoms with Gasteiger partial charge in [-0.1, -0.05) is 6.07 Å². The predicted molar refractivity (Wildman–Crippen MR) is 113 cm³/mol. The number of imidazole rings is 1. The van der Waals surface area contributed by atoms with E-state index in [-0.39, 0.29) is 18.0 Å². The molecule has 1 fully saturated rings. The van der Waals surface area contributed by atoms with Gasteiger partial charge in [-0.2, -0.15) is 15.1 Å². The zero-order chi connectivity index (χ0) is 20.8. The monoisotopic (exact) mass is 406 g/mol. The second-order valence-electron chi connectivity index (χ2n) is 7.40. The number of carbonyl (C=O) groups is 1. The highest BCUT2D eigenvalue weighted by atomic mass is 16.2. The molecule has 5 rings (SSSR count). The van der Waals surface area contributed by atoms with E-state index in [9.17, 15) is 4.79 Å². The number of aromatic nitrogens is 6. The van der Waals surface area contributed by atoms with Crippen LogP contribution in [0.1, 0.15) is 6.92 Å². The van der Waals surface area contributed by atoms with Gasteiger partial charge >= 0.3 is 6.03 Å². The Morgan fingerprint density at radius 3 is 2.93 bits per heavy atom. The van der Waals surface area contributed by atoms with E-state index >= 15 is 0 Å². The summed E-state index contributed by atoms with van der Waals surface area (Å²) < 4.78 is 3.53. The number of nitrogens with two attached hydrogens (primary N) is 1. The Labute approximate surface area is 172 Å². The molecule has 0 aliphatic carbocycles. The minimum absolute atomic E-state index is 0.0457. The maximum atomic E-state index is 12.9. The van der Waals surface area contributed by atoms with E-state index in [2.05, 4.69) is 37.2 Å². The molecule has 1 aliphatic heterocycles. The first-order chi connectivity index (χ1) is 14.5. The van der Waals surface area contributed by atoms with Crippen molar-refractivity contribution >= 4 is 40.3 Å². The van der Waals surface area contributed by atoms with Gasteiger partial charge in [0, 0.05) is 38.9 Å². The predicted octanol–water partition coefficient (Wildman–Crippen LogP) is 1.34. The summed E-state index contributed by atoms with van der Waals surface area (Å²) >= 11 is 0. The standard InChI is InChI=1S/C19H22N10O/c1-12-11-27(19(30)23-15-10-21-14-5-3-4-6-29(14)15)7-8-28(12)17-13-9-22-26(2)16(13)24-18(20)25-17/h3-6,9-10,12H,7-8,11H2,1-2H3,(H,23,30)(H2,20,24,25)/t12-/m0/s1. The second kappa shape index (κ2) is 6.87. The number of urea groups is 1. The molecule has 0 radical (unpaired) electrons. The Bertz CT molecular complexity index is 1240. The lowest BCUT2D eigenvalue weighted by Gasteiger charge is -2.40. The fourth-order valence-electron chi connectivity index (χ4n) is 3.91. The van der Waals surface area contributed by atoms with Crippen LogP contribution in [-0.4, -0.2) is 65.7 Å². The lowest BCUT2D eigenvalue weighted by atomic mass is 10.2. The number of pyridine rings is 1. The van der Waals surface area contributed by atoms with Crippen molar-refractivity contribution in [2.75, 3.05) is 35.6 Å². The number of anilines is 3. The number of rotatable bonds is 2. The minimum Gasteiger partial charge on any atom is -0.368 e. The molecule has 1 saturated heterocycles. The lowest BCUT2D eigenvalue weighted by Crippen LogP contribution is -2.55. The van der Waals surface area contributed by atoms with Gasteiger partial charge in [0.25, 0.3) is 0 Å². The van der Waals surface area contributed by atoms with Gasteiger partial charge in [-0.05, 0) is 19.1 Å². The fourth-order valence-corrected chi connectivity index (χ4v) is 3.91. The summed E-state index contributed by atoms with van der Waals surface area (Å²) in [6.45, 7) is 3.79. The van der Waals surface area contributed by atoms with Gasteiger partial charge in [-0.15, -0.1) is 0 Å². The number of amides is 2. The van der Waals surface area contributed by atoms with Crippen LogP contribution in [0, 0.1) is 0 Å². The van der Waals surface area contributed by atoms with Gasteiger partial charge in [0.05, 0.1) is 17.8 Å². The van der Waals surface area contributed by atoms with Crippen LogP contribution in [0.5, 0.6) is 0 Å². The summed E-state index contributed by atoms with van der Waals surface area (Å²) in [5.41, 5.74) is 7.41. The van der Waals surface area contributed by atoms with Crippen molar-refractivity contribution in [3.8, 4) is 0 Å². The number of nitrogens with one attached hydrogen (secondary N) is 1. The van der Waals surface area contributed by atoms with E-state index in [0.29, 0.717) is 31.1 Å². The maximum Gasteiger partial charge on any atom is 0.323 e. The minimum atomic E-state index is -0.152. The highest BCUT2D eigenvalue weighted by Crippen LogP contribution is 2.27. The summed E-state index contributed by atoms with van der Waals surface area (Å²) in [7, 11) is 1.82. The van der Waals surface area contributed by atoms with Crippen LogP contribution >= 0.6 is 0 Å². The molecule has 0 bridgehead atoms. The van der Waals surface area contributed by atoms with E-state index < -0.39 is 0 Å². The molecule has 30 heavy (non-hydrogen) atoms. The molecule has 0 aromatic carbocycles. The highest BCUT2D eigenvalue weighted by molar-refractivity contribution is 5.90. The molecule has 0 saturated carbocycles. The molecule has 5 heterocycles. The zero-order valence-electron chi connectivity index (χ0n) is 16.7. The molecular weight excluding hydrogens is 384 g/mol. The normalized spacial score (nSPS) is 17.1. The van der Waals surface area contributed by atoms with Gasteiger partial charge in [-0.25, -0.2) is 9.78 Å². The third kappa shape index (κ3) is 2.95. The Balaban J connectivity index is 1.34. The van der Waals surface area contributed by atoms with Crippen LogP contribution < -0.4 is 16.0 Å². The first-order valence-corrected chi connectivity index (χ1v) is 9.71. The van der Waals surface area contributed by atoms with Crippen molar-refractivity contribution in [2.24, 2.45) is 7.05 Å². The molecule has 2 amide bonds. The van der Waals surface area contributed by atoms with Gasteiger partial charge in [0.2, 0.25) is 5.95 Å². The highest BCUT2D eigenvalue weighted by Gasteiger charge is 2.30. The van der Waals surface area contributed by atoms with Gasteiger partial charge < -0.3 is 15.5 Å². The molecule has 0 spiro atoms. The third-order valence-electron chi connectivity index (χ3n) is 5.43. The number of nitrogen functional groups attached to an aromatic ring is 1. The van der Waals surface area contributed by atoms with Crippen molar-refractivity contribution in [3.05, 3.63) is 36.8 Å². The number of hydrogen-bond acceptors (Lipinski definition) is 7. The molecule has 1 aliphatic rings. The number of aryl methyl sites for hydroxylation is 1. The summed E-state index contributed by atoms with van der Waals surface area (Å²) in [6.07, 6.45) is 5.29. The molecule has 0 unspecified atom stereocenters. The van der Waals surface area contributed by atoms with Crippen molar-refractivity contribution in [2.45, 2.75) is 13.0 Å². The number of piperazine rings is 1. The van der Waals surface area contributed by atoms with E-state index in [1.807, 2.05) is 35.8 Å². The second-order valence-corrected chi connectivity index (χ2v) is 7.40. The van der Waals surface area contributed by atoms with Gasteiger partial charge in [0.15, 0.2) is 5.65 Å². The van der Waals surface area contributed by atoms with Crippen molar-refractivity contribution in [1.82, 2.24) is 34.0 Å². The molecule has 154 valence electrons. The van der Waals surface area contributed by atoms with Crippen molar-refractivity contribution in [1.29, 1.82) is 0 Å². The Kier molecular flexibility index (Phi) is 4.16.